The summed E-state index contributed by atoms with van der Waals surface area (Å²) in [6.07, 6.45) is 0.733. The molecule has 0 heterocycles. The second-order valence-corrected chi connectivity index (χ2v) is 6.87. The van der Waals surface area contributed by atoms with Crippen LogP contribution >= 0.6 is 15.9 Å². The predicted molar refractivity (Wildman–Crippen MR) is 107 cm³/mol. The number of hydrogen-bond donors (Lipinski definition) is 0. The third kappa shape index (κ3) is 4.90. The molecule has 0 aliphatic heterocycles. The lowest BCUT2D eigenvalue weighted by atomic mass is 10.0. The van der Waals surface area contributed by atoms with E-state index in [-0.39, 0.29) is 26.9 Å². The van der Waals surface area contributed by atoms with E-state index in [0.29, 0.717) is 12.4 Å². The number of rotatable bonds is 9. The van der Waals surface area contributed by atoms with E-state index in [4.69, 9.17) is 18.9 Å². The summed E-state index contributed by atoms with van der Waals surface area (Å²) in [5.41, 5.74) is 0.258. The van der Waals surface area contributed by atoms with Crippen LogP contribution in [0.4, 0.5) is 4.39 Å². The van der Waals surface area contributed by atoms with Gasteiger partial charge in [-0.05, 0) is 41.4 Å². The third-order valence-corrected chi connectivity index (χ3v) is 4.96. The first-order valence-corrected chi connectivity index (χ1v) is 9.72. The number of halogens is 2. The van der Waals surface area contributed by atoms with E-state index in [2.05, 4.69) is 15.9 Å². The number of hydrogen-bond acceptors (Lipinski definition) is 5. The smallest absolute Gasteiger partial charge is 0.347 e. The maximum absolute atomic E-state index is 15.2. The summed E-state index contributed by atoms with van der Waals surface area (Å²) in [5.74, 6) is -0.753. The maximum atomic E-state index is 15.2. The van der Waals surface area contributed by atoms with Gasteiger partial charge < -0.3 is 18.9 Å². The summed E-state index contributed by atoms with van der Waals surface area (Å²) in [4.78, 5) is 12.9. The van der Waals surface area contributed by atoms with E-state index >= 15 is 4.39 Å². The zero-order valence-corrected chi connectivity index (χ0v) is 18.0. The van der Waals surface area contributed by atoms with E-state index in [0.717, 1.165) is 12.8 Å². The molecular formula is C21H24BrFO5. The van der Waals surface area contributed by atoms with Gasteiger partial charge in [0.25, 0.3) is 0 Å². The molecule has 0 aliphatic rings. The number of carbonyl (C=O) groups is 1. The maximum Gasteiger partial charge on any atom is 0.347 e. The van der Waals surface area contributed by atoms with Crippen molar-refractivity contribution < 1.29 is 28.1 Å². The SMILES string of the molecule is CCCCOc1c(Br)c(C(OC)OC)c(F)c(C)c1C(=O)Oc1ccccc1. The van der Waals surface area contributed by atoms with Crippen LogP contribution in [0.3, 0.4) is 0 Å². The van der Waals surface area contributed by atoms with Gasteiger partial charge in [-0.1, -0.05) is 31.5 Å². The Balaban J connectivity index is 2.57. The zero-order valence-electron chi connectivity index (χ0n) is 16.4. The number of methoxy groups -OCH3 is 2. The minimum Gasteiger partial charge on any atom is -0.491 e. The molecule has 0 bridgehead atoms. The molecule has 0 aromatic heterocycles. The van der Waals surface area contributed by atoms with E-state index in [1.165, 1.54) is 21.1 Å². The average Bonchev–Trinajstić information content (AvgIpc) is 2.70. The molecule has 7 heteroatoms. The molecule has 0 atom stereocenters. The summed E-state index contributed by atoms with van der Waals surface area (Å²) in [7, 11) is 2.81. The topological polar surface area (TPSA) is 54.0 Å². The van der Waals surface area contributed by atoms with Crippen molar-refractivity contribution in [3.05, 3.63) is 57.3 Å². The fraction of sp³-hybridized carbons (Fsp3) is 0.381. The summed E-state index contributed by atoms with van der Waals surface area (Å²) in [5, 5.41) is 0. The largest absolute Gasteiger partial charge is 0.491 e. The highest BCUT2D eigenvalue weighted by Gasteiger charge is 2.31. The molecule has 0 radical (unpaired) electrons. The second-order valence-electron chi connectivity index (χ2n) is 6.08. The van der Waals surface area contributed by atoms with Gasteiger partial charge in [-0.3, -0.25) is 0 Å². The summed E-state index contributed by atoms with van der Waals surface area (Å²) in [6, 6.07) is 8.60. The van der Waals surface area contributed by atoms with Crippen LogP contribution in [-0.2, 0) is 9.47 Å². The fourth-order valence-electron chi connectivity index (χ4n) is 2.70. The van der Waals surface area contributed by atoms with Crippen molar-refractivity contribution >= 4 is 21.9 Å². The van der Waals surface area contributed by atoms with Crippen molar-refractivity contribution in [2.45, 2.75) is 33.0 Å². The molecule has 5 nitrogen and oxygen atoms in total. The van der Waals surface area contributed by atoms with Crippen molar-refractivity contribution in [1.82, 2.24) is 0 Å². The van der Waals surface area contributed by atoms with Crippen molar-refractivity contribution in [2.24, 2.45) is 0 Å². The van der Waals surface area contributed by atoms with Crippen molar-refractivity contribution in [3.63, 3.8) is 0 Å². The highest BCUT2D eigenvalue weighted by Crippen LogP contribution is 2.41. The van der Waals surface area contributed by atoms with Crippen molar-refractivity contribution in [2.75, 3.05) is 20.8 Å². The summed E-state index contributed by atoms with van der Waals surface area (Å²) < 4.78 is 37.1. The van der Waals surface area contributed by atoms with Crippen LogP contribution in [0, 0.1) is 12.7 Å². The predicted octanol–water partition coefficient (Wildman–Crippen LogP) is 5.59. The van der Waals surface area contributed by atoms with Crippen LogP contribution in [0.2, 0.25) is 0 Å². The third-order valence-electron chi connectivity index (χ3n) is 4.17. The Morgan fingerprint density at radius 2 is 1.82 bits per heavy atom. The minimum absolute atomic E-state index is 0.0269. The van der Waals surface area contributed by atoms with Gasteiger partial charge in [-0.25, -0.2) is 9.18 Å². The number of carbonyl (C=O) groups excluding carboxylic acids is 1. The van der Waals surface area contributed by atoms with E-state index < -0.39 is 18.1 Å². The van der Waals surface area contributed by atoms with E-state index in [1.807, 2.05) is 13.0 Å². The highest BCUT2D eigenvalue weighted by molar-refractivity contribution is 9.10. The van der Waals surface area contributed by atoms with E-state index in [9.17, 15) is 4.79 Å². The van der Waals surface area contributed by atoms with Gasteiger partial charge in [0.05, 0.1) is 16.6 Å². The molecule has 0 N–H and O–H groups in total. The van der Waals surface area contributed by atoms with Gasteiger partial charge in [-0.15, -0.1) is 0 Å². The molecular weight excluding hydrogens is 431 g/mol. The number of benzene rings is 2. The Hall–Kier alpha value is -1.96. The molecule has 0 unspecified atom stereocenters. The van der Waals surface area contributed by atoms with Crippen LogP contribution < -0.4 is 9.47 Å². The van der Waals surface area contributed by atoms with Gasteiger partial charge in [0.1, 0.15) is 22.9 Å². The number of para-hydroxylation sites is 1. The molecule has 2 aromatic carbocycles. The first-order chi connectivity index (χ1) is 13.5. The summed E-state index contributed by atoms with van der Waals surface area (Å²) in [6.45, 7) is 3.90. The fourth-order valence-corrected chi connectivity index (χ4v) is 3.37. The quantitative estimate of drug-likeness (QED) is 0.214. The Morgan fingerprint density at radius 1 is 1.18 bits per heavy atom. The Labute approximate surface area is 172 Å². The molecule has 0 spiro atoms. The summed E-state index contributed by atoms with van der Waals surface area (Å²) >= 11 is 3.37. The monoisotopic (exact) mass is 454 g/mol. The van der Waals surface area contributed by atoms with Crippen LogP contribution in [0.1, 0.15) is 47.5 Å². The number of esters is 1. The molecule has 2 aromatic rings. The Kier molecular flexibility index (Phi) is 8.41. The van der Waals surface area contributed by atoms with Crippen molar-refractivity contribution in [1.29, 1.82) is 0 Å². The van der Waals surface area contributed by atoms with E-state index in [1.54, 1.807) is 24.3 Å². The van der Waals surface area contributed by atoms with Crippen LogP contribution in [0.15, 0.2) is 34.8 Å². The van der Waals surface area contributed by atoms with Crippen LogP contribution in [0.25, 0.3) is 0 Å². The molecule has 0 saturated carbocycles. The first-order valence-electron chi connectivity index (χ1n) is 8.93. The van der Waals surface area contributed by atoms with Gasteiger partial charge >= 0.3 is 5.97 Å². The number of ether oxygens (including phenoxy) is 4. The molecule has 0 amide bonds. The number of unbranched alkanes of at least 4 members (excludes halogenated alkanes) is 1. The van der Waals surface area contributed by atoms with Crippen molar-refractivity contribution in [3.8, 4) is 11.5 Å². The second kappa shape index (κ2) is 10.5. The molecule has 28 heavy (non-hydrogen) atoms. The lowest BCUT2D eigenvalue weighted by Crippen LogP contribution is -2.18. The molecule has 0 aliphatic carbocycles. The highest BCUT2D eigenvalue weighted by atomic mass is 79.9. The molecule has 2 rings (SSSR count). The molecule has 152 valence electrons. The van der Waals surface area contributed by atoms with Gasteiger partial charge in [0, 0.05) is 19.8 Å². The Morgan fingerprint density at radius 3 is 2.39 bits per heavy atom. The molecule has 0 fully saturated rings. The van der Waals surface area contributed by atoms with Gasteiger partial charge in [0.15, 0.2) is 6.29 Å². The van der Waals surface area contributed by atoms with Crippen LogP contribution in [-0.4, -0.2) is 26.8 Å². The lowest BCUT2D eigenvalue weighted by Gasteiger charge is -2.22. The standard InChI is InChI=1S/C21H24BrFO5/c1-5-6-12-27-19-15(20(24)28-14-10-8-7-9-11-14)13(2)18(23)16(17(19)22)21(25-3)26-4/h7-11,21H,5-6,12H2,1-4H3. The average molecular weight is 455 g/mol. The first kappa shape index (κ1) is 22.3. The van der Waals surface area contributed by atoms with Crippen LogP contribution in [0.5, 0.6) is 11.5 Å². The lowest BCUT2D eigenvalue weighted by molar-refractivity contribution is -0.108. The van der Waals surface area contributed by atoms with Gasteiger partial charge in [-0.2, -0.15) is 0 Å². The van der Waals surface area contributed by atoms with Gasteiger partial charge in [0.2, 0.25) is 0 Å². The minimum atomic E-state index is -0.958. The Bertz CT molecular complexity index is 806. The molecule has 0 saturated heterocycles. The normalized spacial score (nSPS) is 11.0. The zero-order chi connectivity index (χ0) is 20.7.